The van der Waals surface area contributed by atoms with Crippen molar-refractivity contribution in [3.63, 3.8) is 0 Å². The van der Waals surface area contributed by atoms with E-state index >= 15 is 0 Å². The van der Waals surface area contributed by atoms with Gasteiger partial charge in [-0.1, -0.05) is 0 Å². The van der Waals surface area contributed by atoms with Gasteiger partial charge in [-0.25, -0.2) is 4.79 Å². The van der Waals surface area contributed by atoms with E-state index in [0.717, 1.165) is 5.69 Å². The molecule has 0 aromatic heterocycles. The number of nitrogens with one attached hydrogen (secondary N) is 1. The molecule has 0 saturated heterocycles. The number of esters is 1. The fourth-order valence-electron chi connectivity index (χ4n) is 1.54. The molecule has 0 radical (unpaired) electrons. The zero-order valence-electron chi connectivity index (χ0n) is 12.1. The molecule has 1 rings (SSSR count). The standard InChI is InChI=1S/C14H21NO5/c1-4-20-14(16)10-19-6-5-15-11-7-12(17-2)9-13(8-11)18-3/h7-9,15H,4-6,10H2,1-3H3. The Kier molecular flexibility index (Phi) is 7.27. The van der Waals surface area contributed by atoms with Crippen molar-refractivity contribution in [1.29, 1.82) is 0 Å². The topological polar surface area (TPSA) is 66.0 Å². The fourth-order valence-corrected chi connectivity index (χ4v) is 1.54. The molecule has 0 aliphatic carbocycles. The largest absolute Gasteiger partial charge is 0.497 e. The highest BCUT2D eigenvalue weighted by Crippen LogP contribution is 2.25. The van der Waals surface area contributed by atoms with E-state index in [1.807, 2.05) is 12.1 Å². The van der Waals surface area contributed by atoms with Crippen molar-refractivity contribution in [3.8, 4) is 11.5 Å². The number of anilines is 1. The van der Waals surface area contributed by atoms with Crippen LogP contribution < -0.4 is 14.8 Å². The van der Waals surface area contributed by atoms with Crippen LogP contribution >= 0.6 is 0 Å². The van der Waals surface area contributed by atoms with Crippen LogP contribution in [-0.2, 0) is 14.3 Å². The van der Waals surface area contributed by atoms with Crippen LogP contribution in [-0.4, -0.2) is 46.6 Å². The summed E-state index contributed by atoms with van der Waals surface area (Å²) in [5, 5.41) is 3.16. The molecule has 1 aromatic rings. The Balaban J connectivity index is 2.33. The zero-order chi connectivity index (χ0) is 14.8. The van der Waals surface area contributed by atoms with E-state index in [0.29, 0.717) is 31.3 Å². The molecular formula is C14H21NO5. The first-order valence-electron chi connectivity index (χ1n) is 6.40. The third-order valence-corrected chi connectivity index (χ3v) is 2.45. The minimum absolute atomic E-state index is 0.0308. The molecule has 0 atom stereocenters. The summed E-state index contributed by atoms with van der Waals surface area (Å²) in [5.74, 6) is 1.06. The average Bonchev–Trinajstić information content (AvgIpc) is 2.46. The lowest BCUT2D eigenvalue weighted by atomic mass is 10.2. The molecule has 6 heteroatoms. The summed E-state index contributed by atoms with van der Waals surface area (Å²) in [5.41, 5.74) is 0.862. The van der Waals surface area contributed by atoms with Gasteiger partial charge < -0.3 is 24.3 Å². The normalized spacial score (nSPS) is 9.95. The van der Waals surface area contributed by atoms with Crippen LogP contribution in [0, 0.1) is 0 Å². The van der Waals surface area contributed by atoms with E-state index in [9.17, 15) is 4.79 Å². The fraction of sp³-hybridized carbons (Fsp3) is 0.500. The summed E-state index contributed by atoms with van der Waals surface area (Å²) in [6, 6.07) is 5.50. The maximum Gasteiger partial charge on any atom is 0.332 e. The summed E-state index contributed by atoms with van der Waals surface area (Å²) >= 11 is 0. The summed E-state index contributed by atoms with van der Waals surface area (Å²) in [6.07, 6.45) is 0. The predicted molar refractivity (Wildman–Crippen MR) is 75.5 cm³/mol. The highest BCUT2D eigenvalue weighted by atomic mass is 16.6. The Morgan fingerprint density at radius 1 is 1.15 bits per heavy atom. The van der Waals surface area contributed by atoms with Gasteiger partial charge in [-0.15, -0.1) is 0 Å². The molecule has 6 nitrogen and oxygen atoms in total. The van der Waals surface area contributed by atoms with Crippen molar-refractivity contribution >= 4 is 11.7 Å². The first-order chi connectivity index (χ1) is 9.69. The first-order valence-corrected chi connectivity index (χ1v) is 6.40. The second-order valence-electron chi connectivity index (χ2n) is 3.89. The van der Waals surface area contributed by atoms with Crippen molar-refractivity contribution in [2.24, 2.45) is 0 Å². The summed E-state index contributed by atoms with van der Waals surface area (Å²) < 4.78 is 20.3. The minimum Gasteiger partial charge on any atom is -0.497 e. The lowest BCUT2D eigenvalue weighted by molar-refractivity contribution is -0.148. The van der Waals surface area contributed by atoms with Crippen LogP contribution in [0.5, 0.6) is 11.5 Å². The number of hydrogen-bond donors (Lipinski definition) is 1. The van der Waals surface area contributed by atoms with Gasteiger partial charge in [0.15, 0.2) is 0 Å². The summed E-state index contributed by atoms with van der Waals surface area (Å²) in [6.45, 7) is 3.06. The van der Waals surface area contributed by atoms with Gasteiger partial charge in [0.1, 0.15) is 18.1 Å². The molecular weight excluding hydrogens is 262 g/mol. The number of hydrogen-bond acceptors (Lipinski definition) is 6. The van der Waals surface area contributed by atoms with Gasteiger partial charge in [0.2, 0.25) is 0 Å². The van der Waals surface area contributed by atoms with Crippen LogP contribution in [0.3, 0.4) is 0 Å². The molecule has 0 aliphatic heterocycles. The quantitative estimate of drug-likeness (QED) is 0.549. The second-order valence-corrected chi connectivity index (χ2v) is 3.89. The number of carbonyl (C=O) groups excluding carboxylic acids is 1. The third kappa shape index (κ3) is 5.79. The van der Waals surface area contributed by atoms with Crippen LogP contribution in [0.2, 0.25) is 0 Å². The molecule has 0 fully saturated rings. The van der Waals surface area contributed by atoms with Crippen molar-refractivity contribution in [2.75, 3.05) is 45.9 Å². The molecule has 1 N–H and O–H groups in total. The lowest BCUT2D eigenvalue weighted by Crippen LogP contribution is -2.16. The molecule has 20 heavy (non-hydrogen) atoms. The Morgan fingerprint density at radius 2 is 1.80 bits per heavy atom. The molecule has 112 valence electrons. The molecule has 1 aromatic carbocycles. The van der Waals surface area contributed by atoms with Gasteiger partial charge in [0, 0.05) is 30.4 Å². The Labute approximate surface area is 119 Å². The summed E-state index contributed by atoms with van der Waals surface area (Å²) in [7, 11) is 3.20. The number of ether oxygens (including phenoxy) is 4. The van der Waals surface area contributed by atoms with Gasteiger partial charge in [0.05, 0.1) is 27.4 Å². The van der Waals surface area contributed by atoms with Gasteiger partial charge in [-0.3, -0.25) is 0 Å². The van der Waals surface area contributed by atoms with Gasteiger partial charge >= 0.3 is 5.97 Å². The Bertz CT molecular complexity index is 400. The molecule has 0 heterocycles. The van der Waals surface area contributed by atoms with E-state index in [4.69, 9.17) is 18.9 Å². The first kappa shape index (κ1) is 16.1. The highest BCUT2D eigenvalue weighted by Gasteiger charge is 2.03. The molecule has 0 spiro atoms. The number of rotatable bonds is 9. The highest BCUT2D eigenvalue weighted by molar-refractivity contribution is 5.70. The van der Waals surface area contributed by atoms with E-state index in [1.165, 1.54) is 0 Å². The van der Waals surface area contributed by atoms with Crippen molar-refractivity contribution in [3.05, 3.63) is 18.2 Å². The van der Waals surface area contributed by atoms with Gasteiger partial charge in [-0.2, -0.15) is 0 Å². The number of benzene rings is 1. The van der Waals surface area contributed by atoms with Crippen molar-refractivity contribution < 1.29 is 23.7 Å². The number of carbonyl (C=O) groups is 1. The summed E-state index contributed by atoms with van der Waals surface area (Å²) in [4.78, 5) is 11.0. The monoisotopic (exact) mass is 283 g/mol. The molecule has 0 amide bonds. The van der Waals surface area contributed by atoms with E-state index in [2.05, 4.69) is 5.32 Å². The zero-order valence-corrected chi connectivity index (χ0v) is 12.1. The van der Waals surface area contributed by atoms with Crippen LogP contribution in [0.4, 0.5) is 5.69 Å². The molecule has 0 unspecified atom stereocenters. The third-order valence-electron chi connectivity index (χ3n) is 2.45. The average molecular weight is 283 g/mol. The van der Waals surface area contributed by atoms with Crippen LogP contribution in [0.15, 0.2) is 18.2 Å². The van der Waals surface area contributed by atoms with E-state index < -0.39 is 0 Å². The maximum absolute atomic E-state index is 11.0. The SMILES string of the molecule is CCOC(=O)COCCNc1cc(OC)cc(OC)c1. The molecule has 0 bridgehead atoms. The van der Waals surface area contributed by atoms with Crippen LogP contribution in [0.25, 0.3) is 0 Å². The second kappa shape index (κ2) is 9.03. The van der Waals surface area contributed by atoms with Gasteiger partial charge in [0.25, 0.3) is 0 Å². The van der Waals surface area contributed by atoms with E-state index in [1.54, 1.807) is 27.2 Å². The van der Waals surface area contributed by atoms with E-state index in [-0.39, 0.29) is 12.6 Å². The van der Waals surface area contributed by atoms with Gasteiger partial charge in [-0.05, 0) is 6.92 Å². The molecule has 0 saturated carbocycles. The smallest absolute Gasteiger partial charge is 0.332 e. The maximum atomic E-state index is 11.0. The lowest BCUT2D eigenvalue weighted by Gasteiger charge is -2.10. The van der Waals surface area contributed by atoms with Crippen molar-refractivity contribution in [2.45, 2.75) is 6.92 Å². The predicted octanol–water partition coefficient (Wildman–Crippen LogP) is 1.70. The van der Waals surface area contributed by atoms with Crippen LogP contribution in [0.1, 0.15) is 6.92 Å². The Hall–Kier alpha value is -1.95. The minimum atomic E-state index is -0.351. The molecule has 0 aliphatic rings. The number of methoxy groups -OCH3 is 2. The van der Waals surface area contributed by atoms with Crippen molar-refractivity contribution in [1.82, 2.24) is 0 Å². The Morgan fingerprint density at radius 3 is 2.35 bits per heavy atom.